The Morgan fingerprint density at radius 2 is 1.88 bits per heavy atom. The van der Waals surface area contributed by atoms with Crippen molar-refractivity contribution in [2.24, 2.45) is 22.7 Å². The van der Waals surface area contributed by atoms with Gasteiger partial charge in [-0.1, -0.05) is 13.8 Å². The molecular formula is C24H32O8. The summed E-state index contributed by atoms with van der Waals surface area (Å²) in [6.45, 7) is 8.80. The van der Waals surface area contributed by atoms with Crippen LogP contribution in [0.2, 0.25) is 0 Å². The quantitative estimate of drug-likeness (QED) is 0.555. The lowest BCUT2D eigenvalue weighted by atomic mass is 9.42. The predicted octanol–water partition coefficient (Wildman–Crippen LogP) is 3.13. The van der Waals surface area contributed by atoms with Gasteiger partial charge in [-0.25, -0.2) is 0 Å². The summed E-state index contributed by atoms with van der Waals surface area (Å²) in [5.41, 5.74) is -1.07. The lowest BCUT2D eigenvalue weighted by molar-refractivity contribution is -0.278. The van der Waals surface area contributed by atoms with E-state index in [4.69, 9.17) is 23.4 Å². The molecule has 0 aromatic carbocycles. The average Bonchev–Trinajstić information content (AvgIpc) is 3.06. The summed E-state index contributed by atoms with van der Waals surface area (Å²) in [6, 6.07) is 1.84. The van der Waals surface area contributed by atoms with Crippen LogP contribution in [0.1, 0.15) is 65.5 Å². The maximum atomic E-state index is 12.2. The molecular weight excluding hydrogens is 416 g/mol. The zero-order valence-electron chi connectivity index (χ0n) is 19.2. The fourth-order valence-corrected chi connectivity index (χ4v) is 7.42. The Hall–Kier alpha value is -1.90. The summed E-state index contributed by atoms with van der Waals surface area (Å²) in [7, 11) is 0. The molecule has 4 aliphatic rings. The van der Waals surface area contributed by atoms with E-state index < -0.39 is 46.9 Å². The van der Waals surface area contributed by atoms with Gasteiger partial charge in [-0.05, 0) is 38.2 Å². The van der Waals surface area contributed by atoms with E-state index in [0.717, 1.165) is 18.4 Å². The van der Waals surface area contributed by atoms with Crippen molar-refractivity contribution < 1.29 is 38.1 Å². The molecule has 5 rings (SSSR count). The van der Waals surface area contributed by atoms with E-state index in [9.17, 15) is 14.7 Å². The number of carbonyl (C=O) groups excluding carboxylic acids is 2. The van der Waals surface area contributed by atoms with Crippen LogP contribution in [-0.4, -0.2) is 47.2 Å². The van der Waals surface area contributed by atoms with Crippen molar-refractivity contribution in [2.75, 3.05) is 0 Å². The third-order valence-corrected chi connectivity index (χ3v) is 9.14. The van der Waals surface area contributed by atoms with Gasteiger partial charge in [0.25, 0.3) is 0 Å². The van der Waals surface area contributed by atoms with E-state index in [2.05, 4.69) is 6.92 Å². The summed E-state index contributed by atoms with van der Waals surface area (Å²) >= 11 is 0. The molecule has 0 amide bonds. The summed E-state index contributed by atoms with van der Waals surface area (Å²) in [5, 5.41) is 11.5. The molecule has 0 bridgehead atoms. The first kappa shape index (κ1) is 21.9. The molecule has 4 fully saturated rings. The highest BCUT2D eigenvalue weighted by Crippen LogP contribution is 2.73. The molecule has 2 aliphatic heterocycles. The van der Waals surface area contributed by atoms with Crippen molar-refractivity contribution in [3.63, 3.8) is 0 Å². The minimum absolute atomic E-state index is 0.0503. The summed E-state index contributed by atoms with van der Waals surface area (Å²) < 4.78 is 29.3. The Labute approximate surface area is 187 Å². The van der Waals surface area contributed by atoms with Gasteiger partial charge in [-0.3, -0.25) is 9.59 Å². The normalized spacial score (nSPS) is 49.2. The predicted molar refractivity (Wildman–Crippen MR) is 110 cm³/mol. The molecule has 1 aromatic heterocycles. The monoisotopic (exact) mass is 448 g/mol. The van der Waals surface area contributed by atoms with Crippen LogP contribution in [0.5, 0.6) is 0 Å². The topological polar surface area (TPSA) is 108 Å². The van der Waals surface area contributed by atoms with Crippen LogP contribution in [0, 0.1) is 22.7 Å². The van der Waals surface area contributed by atoms with E-state index in [1.54, 1.807) is 12.5 Å². The number of ether oxygens (including phenoxy) is 4. The van der Waals surface area contributed by atoms with Crippen LogP contribution < -0.4 is 0 Å². The molecule has 8 nitrogen and oxygen atoms in total. The number of hydrogen-bond acceptors (Lipinski definition) is 8. The summed E-state index contributed by atoms with van der Waals surface area (Å²) in [6.07, 6.45) is 2.63. The first-order valence-corrected chi connectivity index (χ1v) is 11.4. The maximum Gasteiger partial charge on any atom is 0.303 e. The third kappa shape index (κ3) is 2.72. The molecule has 0 radical (unpaired) electrons. The van der Waals surface area contributed by atoms with Gasteiger partial charge in [0.2, 0.25) is 0 Å². The van der Waals surface area contributed by atoms with Crippen molar-refractivity contribution in [1.29, 1.82) is 0 Å². The highest BCUT2D eigenvalue weighted by atomic mass is 16.6. The van der Waals surface area contributed by atoms with Crippen LogP contribution in [0.15, 0.2) is 23.0 Å². The highest BCUT2D eigenvalue weighted by Gasteiger charge is 2.80. The highest BCUT2D eigenvalue weighted by molar-refractivity contribution is 5.67. The molecule has 2 saturated carbocycles. The third-order valence-electron chi connectivity index (χ3n) is 9.14. The van der Waals surface area contributed by atoms with E-state index >= 15 is 0 Å². The van der Waals surface area contributed by atoms with E-state index in [1.807, 2.05) is 19.9 Å². The standard InChI is InChI=1S/C24H32O8/c1-12-19(29-13(2)25)20(30-14(3)26)22(4)17(6-7-18-23(22,5)32-18)24(12)10-16(31-21(24)27)15-8-9-28-11-15/h8-9,11-12,16-21,27H,6-7,10H2,1-5H3/t12-,16-,17+,18-,19+,20+,21+,22+,23-,24+/m1/s1. The Bertz CT molecular complexity index is 913. The molecule has 10 atom stereocenters. The van der Waals surface area contributed by atoms with E-state index in [0.29, 0.717) is 6.42 Å². The van der Waals surface area contributed by atoms with Crippen molar-refractivity contribution in [2.45, 2.75) is 90.2 Å². The fraction of sp³-hybridized carbons (Fsp3) is 0.750. The lowest BCUT2D eigenvalue weighted by Gasteiger charge is -2.63. The number of fused-ring (bicyclic) bond motifs is 4. The Morgan fingerprint density at radius 1 is 1.16 bits per heavy atom. The Morgan fingerprint density at radius 3 is 2.50 bits per heavy atom. The van der Waals surface area contributed by atoms with Crippen LogP contribution >= 0.6 is 0 Å². The maximum absolute atomic E-state index is 12.2. The number of furan rings is 1. The number of aliphatic hydroxyl groups is 1. The summed E-state index contributed by atoms with van der Waals surface area (Å²) in [4.78, 5) is 24.3. The van der Waals surface area contributed by atoms with Gasteiger partial charge in [0.05, 0.1) is 24.7 Å². The second-order valence-corrected chi connectivity index (χ2v) is 10.4. The van der Waals surface area contributed by atoms with Gasteiger partial charge >= 0.3 is 11.9 Å². The number of epoxide rings is 1. The number of aliphatic hydroxyl groups excluding tert-OH is 1. The summed E-state index contributed by atoms with van der Waals surface area (Å²) in [5.74, 6) is -1.28. The van der Waals surface area contributed by atoms with Crippen LogP contribution in [0.3, 0.4) is 0 Å². The first-order chi connectivity index (χ1) is 15.1. The largest absolute Gasteiger partial charge is 0.472 e. The zero-order valence-corrected chi connectivity index (χ0v) is 19.2. The molecule has 1 N–H and O–H groups in total. The minimum Gasteiger partial charge on any atom is -0.472 e. The second-order valence-electron chi connectivity index (χ2n) is 10.4. The fourth-order valence-electron chi connectivity index (χ4n) is 7.42. The molecule has 1 spiro atoms. The second kappa shape index (κ2) is 7.05. The van der Waals surface area contributed by atoms with Crippen LogP contribution in [-0.2, 0) is 28.5 Å². The van der Waals surface area contributed by atoms with E-state index in [-0.39, 0.29) is 24.0 Å². The van der Waals surface area contributed by atoms with Gasteiger partial charge < -0.3 is 28.5 Å². The van der Waals surface area contributed by atoms with Crippen molar-refractivity contribution in [1.82, 2.24) is 0 Å². The van der Waals surface area contributed by atoms with E-state index in [1.165, 1.54) is 13.8 Å². The number of rotatable bonds is 3. The minimum atomic E-state index is -1.07. The van der Waals surface area contributed by atoms with Gasteiger partial charge in [0.15, 0.2) is 6.29 Å². The van der Waals surface area contributed by atoms with Crippen molar-refractivity contribution >= 4 is 11.9 Å². The van der Waals surface area contributed by atoms with Gasteiger partial charge in [-0.2, -0.15) is 0 Å². The Balaban J connectivity index is 1.65. The first-order valence-electron chi connectivity index (χ1n) is 11.4. The Kier molecular flexibility index (Phi) is 4.83. The molecule has 8 heteroatoms. The molecule has 32 heavy (non-hydrogen) atoms. The number of esters is 2. The molecule has 3 heterocycles. The molecule has 2 aliphatic carbocycles. The zero-order chi connectivity index (χ0) is 23.1. The SMILES string of the molecule is CC(=O)O[C@H]1[C@@H](C)[C@@]2(C[C@H](c3ccoc3)O[C@@H]2O)[C@H]2CC[C@H]3O[C@@]3(C)[C@]2(C)[C@H]1OC(C)=O. The number of hydrogen-bond donors (Lipinski definition) is 1. The van der Waals surface area contributed by atoms with Crippen molar-refractivity contribution in [3.05, 3.63) is 24.2 Å². The molecule has 0 unspecified atom stereocenters. The van der Waals surface area contributed by atoms with Gasteiger partial charge in [-0.15, -0.1) is 0 Å². The van der Waals surface area contributed by atoms with Crippen molar-refractivity contribution in [3.8, 4) is 0 Å². The molecule has 1 aromatic rings. The van der Waals surface area contributed by atoms with Gasteiger partial charge in [0.1, 0.15) is 17.8 Å². The average molecular weight is 449 g/mol. The smallest absolute Gasteiger partial charge is 0.303 e. The molecule has 176 valence electrons. The van der Waals surface area contributed by atoms with Crippen LogP contribution in [0.25, 0.3) is 0 Å². The lowest BCUT2D eigenvalue weighted by Crippen LogP contribution is -2.71. The van der Waals surface area contributed by atoms with Gasteiger partial charge in [0, 0.05) is 36.2 Å². The van der Waals surface area contributed by atoms with Crippen LogP contribution in [0.4, 0.5) is 0 Å². The molecule has 2 saturated heterocycles. The number of carbonyl (C=O) groups is 2.